The van der Waals surface area contributed by atoms with Crippen LogP contribution in [0.4, 0.5) is 11.4 Å². The zero-order valence-corrected chi connectivity index (χ0v) is 22.3. The summed E-state index contributed by atoms with van der Waals surface area (Å²) in [6.45, 7) is 4.99. The molecule has 194 valence electrons. The molecule has 0 aliphatic carbocycles. The number of ether oxygens (including phenoxy) is 2. The third-order valence-electron chi connectivity index (χ3n) is 5.15. The fourth-order valence-electron chi connectivity index (χ4n) is 3.30. The summed E-state index contributed by atoms with van der Waals surface area (Å²) in [5.41, 5.74) is 0.554. The first-order chi connectivity index (χ1) is 17.6. The molecule has 37 heavy (non-hydrogen) atoms. The molecule has 0 bridgehead atoms. The lowest BCUT2D eigenvalue weighted by molar-refractivity contribution is -0.123. The number of rotatable bonds is 10. The number of hydrogen-bond donors (Lipinski definition) is 1. The first-order valence-electron chi connectivity index (χ1n) is 10.9. The van der Waals surface area contributed by atoms with E-state index in [-0.39, 0.29) is 22.0 Å². The van der Waals surface area contributed by atoms with Crippen LogP contribution >= 0.6 is 23.2 Å². The summed E-state index contributed by atoms with van der Waals surface area (Å²) in [6, 6.07) is 16.5. The Hall–Kier alpha value is -3.53. The van der Waals surface area contributed by atoms with Gasteiger partial charge in [0.25, 0.3) is 15.9 Å². The minimum Gasteiger partial charge on any atom is -0.495 e. The molecule has 3 aromatic rings. The molecular formula is C26H24Cl2N2O6S. The van der Waals surface area contributed by atoms with E-state index in [1.54, 1.807) is 30.3 Å². The van der Waals surface area contributed by atoms with E-state index in [2.05, 4.69) is 11.9 Å². The number of esters is 1. The molecule has 0 saturated heterocycles. The molecule has 0 aliphatic heterocycles. The van der Waals surface area contributed by atoms with Crippen molar-refractivity contribution in [2.75, 3.05) is 23.3 Å². The summed E-state index contributed by atoms with van der Waals surface area (Å²) in [5, 5.41) is 3.17. The van der Waals surface area contributed by atoms with Crippen LogP contribution in [0.5, 0.6) is 5.75 Å². The summed E-state index contributed by atoms with van der Waals surface area (Å²) in [4.78, 5) is 25.1. The van der Waals surface area contributed by atoms with Crippen LogP contribution in [0.1, 0.15) is 17.3 Å². The van der Waals surface area contributed by atoms with Crippen LogP contribution < -0.4 is 14.4 Å². The van der Waals surface area contributed by atoms with Gasteiger partial charge in [-0.15, -0.1) is 6.58 Å². The Morgan fingerprint density at radius 1 is 1.08 bits per heavy atom. The minimum absolute atomic E-state index is 0.0398. The molecule has 0 aliphatic rings. The van der Waals surface area contributed by atoms with Gasteiger partial charge in [0.15, 0.2) is 6.10 Å². The van der Waals surface area contributed by atoms with Crippen molar-refractivity contribution in [2.45, 2.75) is 17.9 Å². The van der Waals surface area contributed by atoms with Gasteiger partial charge in [-0.25, -0.2) is 13.2 Å². The SMILES string of the molecule is C=CCN(c1ccccc1OC)S(=O)(=O)c1cccc(C(=O)OC(C)C(=O)Nc2ccc(Cl)cc2Cl)c1. The zero-order chi connectivity index (χ0) is 27.2. The minimum atomic E-state index is -4.13. The number of sulfonamides is 1. The van der Waals surface area contributed by atoms with Crippen molar-refractivity contribution >= 4 is 56.5 Å². The van der Waals surface area contributed by atoms with Crippen LogP contribution in [0.25, 0.3) is 0 Å². The van der Waals surface area contributed by atoms with E-state index >= 15 is 0 Å². The first kappa shape index (κ1) is 28.0. The van der Waals surface area contributed by atoms with E-state index in [1.807, 2.05) is 0 Å². The Labute approximate surface area is 225 Å². The van der Waals surface area contributed by atoms with E-state index in [9.17, 15) is 18.0 Å². The fraction of sp³-hybridized carbons (Fsp3) is 0.154. The topological polar surface area (TPSA) is 102 Å². The van der Waals surface area contributed by atoms with Crippen LogP contribution in [0, 0.1) is 0 Å². The maximum Gasteiger partial charge on any atom is 0.338 e. The van der Waals surface area contributed by atoms with Crippen LogP contribution in [-0.4, -0.2) is 40.1 Å². The van der Waals surface area contributed by atoms with Gasteiger partial charge in [-0.2, -0.15) is 0 Å². The van der Waals surface area contributed by atoms with Crippen molar-refractivity contribution in [2.24, 2.45) is 0 Å². The zero-order valence-electron chi connectivity index (χ0n) is 20.0. The highest BCUT2D eigenvalue weighted by atomic mass is 35.5. The average molecular weight is 563 g/mol. The number of nitrogens with zero attached hydrogens (tertiary/aromatic N) is 1. The maximum atomic E-state index is 13.5. The number of para-hydroxylation sites is 2. The summed E-state index contributed by atoms with van der Waals surface area (Å²) < 4.78 is 38.8. The standard InChI is InChI=1S/C26H24Cl2N2O6S/c1-4-14-30(23-10-5-6-11-24(23)35-3)37(33,34)20-9-7-8-18(15-20)26(32)36-17(2)25(31)29-22-13-12-19(27)16-21(22)28/h4-13,15-17H,1,14H2,2-3H3,(H,29,31). The van der Waals surface area contributed by atoms with Crippen molar-refractivity contribution < 1.29 is 27.5 Å². The molecule has 3 aromatic carbocycles. The molecule has 8 nitrogen and oxygen atoms in total. The molecule has 0 aromatic heterocycles. The van der Waals surface area contributed by atoms with Crippen molar-refractivity contribution in [1.82, 2.24) is 0 Å². The summed E-state index contributed by atoms with van der Waals surface area (Å²) in [7, 11) is -2.69. The quantitative estimate of drug-likeness (QED) is 0.256. The molecule has 11 heteroatoms. The number of carbonyl (C=O) groups excluding carboxylic acids is 2. The van der Waals surface area contributed by atoms with Crippen LogP contribution in [0.2, 0.25) is 10.0 Å². The second-order valence-corrected chi connectivity index (χ2v) is 10.4. The van der Waals surface area contributed by atoms with Crippen molar-refractivity contribution in [1.29, 1.82) is 0 Å². The molecule has 1 unspecified atom stereocenters. The van der Waals surface area contributed by atoms with E-state index in [0.717, 1.165) is 4.31 Å². The van der Waals surface area contributed by atoms with Gasteiger partial charge in [0, 0.05) is 5.02 Å². The predicted molar refractivity (Wildman–Crippen MR) is 144 cm³/mol. The number of halogens is 2. The summed E-state index contributed by atoms with van der Waals surface area (Å²) >= 11 is 11.9. The highest BCUT2D eigenvalue weighted by molar-refractivity contribution is 7.92. The van der Waals surface area contributed by atoms with Crippen LogP contribution in [0.3, 0.4) is 0 Å². The van der Waals surface area contributed by atoms with Crippen molar-refractivity contribution in [3.05, 3.63) is 95.0 Å². The van der Waals surface area contributed by atoms with E-state index in [1.165, 1.54) is 56.5 Å². The van der Waals surface area contributed by atoms with Gasteiger partial charge in [0.05, 0.1) is 40.5 Å². The van der Waals surface area contributed by atoms with Crippen molar-refractivity contribution in [3.63, 3.8) is 0 Å². The van der Waals surface area contributed by atoms with Gasteiger partial charge < -0.3 is 14.8 Å². The van der Waals surface area contributed by atoms with E-state index in [0.29, 0.717) is 22.1 Å². The maximum absolute atomic E-state index is 13.5. The Bertz CT molecular complexity index is 1430. The normalized spacial score (nSPS) is 11.8. The molecule has 1 atom stereocenters. The fourth-order valence-corrected chi connectivity index (χ4v) is 5.25. The third kappa shape index (κ3) is 6.62. The number of anilines is 2. The summed E-state index contributed by atoms with van der Waals surface area (Å²) in [5.74, 6) is -1.16. The monoisotopic (exact) mass is 562 g/mol. The average Bonchev–Trinajstić information content (AvgIpc) is 2.88. The number of carbonyl (C=O) groups is 2. The predicted octanol–water partition coefficient (Wildman–Crippen LogP) is 5.57. The summed E-state index contributed by atoms with van der Waals surface area (Å²) in [6.07, 6.45) is 0.236. The molecular weight excluding hydrogens is 539 g/mol. The molecule has 1 N–H and O–H groups in total. The Morgan fingerprint density at radius 2 is 1.81 bits per heavy atom. The molecule has 0 heterocycles. The highest BCUT2D eigenvalue weighted by Gasteiger charge is 2.28. The van der Waals surface area contributed by atoms with Crippen LogP contribution in [0.15, 0.2) is 84.3 Å². The Morgan fingerprint density at radius 3 is 2.49 bits per heavy atom. The van der Waals surface area contributed by atoms with Gasteiger partial charge in [0.1, 0.15) is 5.75 Å². The Kier molecular flexibility index (Phi) is 9.20. The molecule has 0 fully saturated rings. The first-order valence-corrected chi connectivity index (χ1v) is 13.1. The number of nitrogens with one attached hydrogen (secondary N) is 1. The molecule has 0 saturated carbocycles. The van der Waals surface area contributed by atoms with Gasteiger partial charge in [0.2, 0.25) is 0 Å². The lowest BCUT2D eigenvalue weighted by Gasteiger charge is -2.25. The molecule has 0 spiro atoms. The van der Waals surface area contributed by atoms with Gasteiger partial charge in [-0.3, -0.25) is 9.10 Å². The largest absolute Gasteiger partial charge is 0.495 e. The van der Waals surface area contributed by atoms with Gasteiger partial charge >= 0.3 is 5.97 Å². The Balaban J connectivity index is 1.82. The van der Waals surface area contributed by atoms with Gasteiger partial charge in [-0.1, -0.05) is 47.5 Å². The molecule has 1 amide bonds. The highest BCUT2D eigenvalue weighted by Crippen LogP contribution is 2.32. The molecule has 0 radical (unpaired) electrons. The lowest BCUT2D eigenvalue weighted by Crippen LogP contribution is -2.32. The van der Waals surface area contributed by atoms with Crippen LogP contribution in [-0.2, 0) is 19.6 Å². The van der Waals surface area contributed by atoms with E-state index < -0.39 is 28.0 Å². The van der Waals surface area contributed by atoms with Gasteiger partial charge in [-0.05, 0) is 55.5 Å². The number of amides is 1. The van der Waals surface area contributed by atoms with E-state index in [4.69, 9.17) is 32.7 Å². The number of benzene rings is 3. The lowest BCUT2D eigenvalue weighted by atomic mass is 10.2. The van der Waals surface area contributed by atoms with Crippen molar-refractivity contribution in [3.8, 4) is 5.75 Å². The number of methoxy groups -OCH3 is 1. The smallest absolute Gasteiger partial charge is 0.338 e. The second-order valence-electron chi connectivity index (χ2n) is 7.69. The second kappa shape index (κ2) is 12.1. The molecule has 3 rings (SSSR count). The third-order valence-corrected chi connectivity index (χ3v) is 7.47. The number of hydrogen-bond acceptors (Lipinski definition) is 6.